The highest BCUT2D eigenvalue weighted by Gasteiger charge is 2.22. The normalized spacial score (nSPS) is 11.6. The van der Waals surface area contributed by atoms with Crippen LogP contribution in [0.5, 0.6) is 0 Å². The van der Waals surface area contributed by atoms with Crippen LogP contribution in [0.4, 0.5) is 5.69 Å². The number of halogens is 1. The van der Waals surface area contributed by atoms with Gasteiger partial charge in [-0.1, -0.05) is 23.7 Å². The average molecular weight is 367 g/mol. The summed E-state index contributed by atoms with van der Waals surface area (Å²) in [5, 5.41) is 0.206. The van der Waals surface area contributed by atoms with Gasteiger partial charge in [-0.3, -0.25) is 4.79 Å². The van der Waals surface area contributed by atoms with Crippen LogP contribution in [-0.2, 0) is 10.0 Å². The first kappa shape index (κ1) is 18.4. The van der Waals surface area contributed by atoms with Gasteiger partial charge in [-0.05, 0) is 42.8 Å². The summed E-state index contributed by atoms with van der Waals surface area (Å²) < 4.78 is 25.6. The van der Waals surface area contributed by atoms with E-state index in [0.717, 1.165) is 9.87 Å². The molecule has 0 aromatic heterocycles. The van der Waals surface area contributed by atoms with Crippen LogP contribution in [0, 0.1) is 6.92 Å². The van der Waals surface area contributed by atoms with E-state index in [9.17, 15) is 13.2 Å². The van der Waals surface area contributed by atoms with Crippen molar-refractivity contribution in [2.24, 2.45) is 0 Å². The third-order valence-electron chi connectivity index (χ3n) is 3.64. The van der Waals surface area contributed by atoms with Gasteiger partial charge in [0.15, 0.2) is 0 Å². The van der Waals surface area contributed by atoms with E-state index in [1.54, 1.807) is 13.1 Å². The van der Waals surface area contributed by atoms with Crippen LogP contribution >= 0.6 is 11.6 Å². The second-order valence-corrected chi connectivity index (χ2v) is 8.19. The largest absolute Gasteiger partial charge is 0.311 e. The number of hydrogen-bond acceptors (Lipinski definition) is 3. The second kappa shape index (κ2) is 6.93. The predicted octanol–water partition coefficient (Wildman–Crippen LogP) is 3.18. The Bertz CT molecular complexity index is 879. The lowest BCUT2D eigenvalue weighted by molar-refractivity contribution is 0.0993. The number of amides is 1. The maximum absolute atomic E-state index is 12.8. The number of carbonyl (C=O) groups excluding carboxylic acids is 1. The van der Waals surface area contributed by atoms with Gasteiger partial charge in [0.1, 0.15) is 0 Å². The summed E-state index contributed by atoms with van der Waals surface area (Å²) in [5.74, 6) is -0.374. The molecule has 0 spiro atoms. The molecule has 0 aliphatic rings. The van der Waals surface area contributed by atoms with Crippen LogP contribution in [0.25, 0.3) is 0 Å². The molecule has 0 aliphatic heterocycles. The second-order valence-electron chi connectivity index (χ2n) is 5.63. The minimum absolute atomic E-state index is 0.0258. The molecule has 2 rings (SSSR count). The van der Waals surface area contributed by atoms with Crippen molar-refractivity contribution in [2.75, 3.05) is 26.0 Å². The van der Waals surface area contributed by atoms with Gasteiger partial charge in [0.2, 0.25) is 10.0 Å². The first-order valence-electron chi connectivity index (χ1n) is 7.21. The van der Waals surface area contributed by atoms with E-state index in [4.69, 9.17) is 11.6 Å². The number of anilines is 1. The molecule has 5 nitrogen and oxygen atoms in total. The molecule has 128 valence electrons. The molecule has 7 heteroatoms. The maximum atomic E-state index is 12.8. The number of rotatable bonds is 4. The van der Waals surface area contributed by atoms with Crippen LogP contribution < -0.4 is 4.90 Å². The van der Waals surface area contributed by atoms with E-state index in [1.807, 2.05) is 25.1 Å². The van der Waals surface area contributed by atoms with Crippen molar-refractivity contribution in [3.63, 3.8) is 0 Å². The zero-order valence-electron chi connectivity index (χ0n) is 13.9. The van der Waals surface area contributed by atoms with Gasteiger partial charge in [-0.25, -0.2) is 12.7 Å². The molecular formula is C17H19ClN2O3S. The molecule has 0 radical (unpaired) electrons. The number of sulfonamides is 1. The highest BCUT2D eigenvalue weighted by atomic mass is 35.5. The minimum atomic E-state index is -3.64. The number of benzene rings is 2. The Morgan fingerprint density at radius 3 is 2.29 bits per heavy atom. The lowest BCUT2D eigenvalue weighted by Gasteiger charge is -2.19. The van der Waals surface area contributed by atoms with E-state index >= 15 is 0 Å². The summed E-state index contributed by atoms with van der Waals surface area (Å²) >= 11 is 6.13. The SMILES string of the molecule is Cc1cccc(N(C)C(=O)c2cc(S(=O)(=O)N(C)C)ccc2Cl)c1. The number of carbonyl (C=O) groups is 1. The minimum Gasteiger partial charge on any atom is -0.311 e. The number of hydrogen-bond donors (Lipinski definition) is 0. The van der Waals surface area contributed by atoms with Crippen LogP contribution in [0.1, 0.15) is 15.9 Å². The highest BCUT2D eigenvalue weighted by molar-refractivity contribution is 7.89. The molecule has 1 amide bonds. The molecule has 24 heavy (non-hydrogen) atoms. The van der Waals surface area contributed by atoms with E-state index in [1.165, 1.54) is 37.2 Å². The predicted molar refractivity (Wildman–Crippen MR) is 96.2 cm³/mol. The van der Waals surface area contributed by atoms with Crippen LogP contribution in [-0.4, -0.2) is 39.8 Å². The Morgan fingerprint density at radius 2 is 1.71 bits per heavy atom. The molecule has 2 aromatic rings. The van der Waals surface area contributed by atoms with E-state index in [0.29, 0.717) is 5.69 Å². The summed E-state index contributed by atoms with van der Waals surface area (Å²) in [6, 6.07) is 11.6. The standard InChI is InChI=1S/C17H19ClN2O3S/c1-12-6-5-7-13(10-12)20(4)17(21)15-11-14(8-9-16(15)18)24(22,23)19(2)3/h5-11H,1-4H3. The maximum Gasteiger partial charge on any atom is 0.259 e. The molecule has 0 fully saturated rings. The van der Waals surface area contributed by atoms with Gasteiger partial charge in [-0.15, -0.1) is 0 Å². The molecular weight excluding hydrogens is 348 g/mol. The molecule has 0 aliphatic carbocycles. The molecule has 0 heterocycles. The van der Waals surface area contributed by atoms with Crippen molar-refractivity contribution in [1.82, 2.24) is 4.31 Å². The average Bonchev–Trinajstić information content (AvgIpc) is 2.53. The Balaban J connectivity index is 2.46. The summed E-state index contributed by atoms with van der Waals surface area (Å²) in [6.45, 7) is 1.93. The van der Waals surface area contributed by atoms with Crippen LogP contribution in [0.2, 0.25) is 5.02 Å². The van der Waals surface area contributed by atoms with Gasteiger partial charge in [0.05, 0.1) is 15.5 Å². The summed E-state index contributed by atoms with van der Waals surface area (Å²) in [4.78, 5) is 14.2. The Morgan fingerprint density at radius 1 is 1.04 bits per heavy atom. The number of aryl methyl sites for hydroxylation is 1. The molecule has 0 unspecified atom stereocenters. The Hall–Kier alpha value is -1.89. The first-order chi connectivity index (χ1) is 11.1. The third kappa shape index (κ3) is 3.61. The Labute approximate surface area is 147 Å². The van der Waals surface area contributed by atoms with Crippen molar-refractivity contribution in [3.8, 4) is 0 Å². The molecule has 0 atom stereocenters. The number of nitrogens with zero attached hydrogens (tertiary/aromatic N) is 2. The van der Waals surface area contributed by atoms with E-state index in [-0.39, 0.29) is 21.4 Å². The van der Waals surface area contributed by atoms with Gasteiger partial charge in [0.25, 0.3) is 5.91 Å². The van der Waals surface area contributed by atoms with Gasteiger partial charge in [-0.2, -0.15) is 0 Å². The lowest BCUT2D eigenvalue weighted by Crippen LogP contribution is -2.27. The van der Waals surface area contributed by atoms with Crippen molar-refractivity contribution in [2.45, 2.75) is 11.8 Å². The van der Waals surface area contributed by atoms with Crippen LogP contribution in [0.15, 0.2) is 47.4 Å². The fraction of sp³-hybridized carbons (Fsp3) is 0.235. The molecule has 2 aromatic carbocycles. The zero-order chi connectivity index (χ0) is 18.1. The zero-order valence-corrected chi connectivity index (χ0v) is 15.5. The van der Waals surface area contributed by atoms with Crippen molar-refractivity contribution in [3.05, 3.63) is 58.6 Å². The first-order valence-corrected chi connectivity index (χ1v) is 9.03. The third-order valence-corrected chi connectivity index (χ3v) is 5.78. The van der Waals surface area contributed by atoms with E-state index in [2.05, 4.69) is 0 Å². The Kier molecular flexibility index (Phi) is 5.32. The smallest absolute Gasteiger partial charge is 0.259 e. The van der Waals surface area contributed by atoms with Crippen molar-refractivity contribution in [1.29, 1.82) is 0 Å². The van der Waals surface area contributed by atoms with Gasteiger partial charge < -0.3 is 4.90 Å². The summed E-state index contributed by atoms with van der Waals surface area (Å²) in [5.41, 5.74) is 1.86. The molecule has 0 bridgehead atoms. The lowest BCUT2D eigenvalue weighted by atomic mass is 10.1. The summed E-state index contributed by atoms with van der Waals surface area (Å²) in [7, 11) is 0.852. The highest BCUT2D eigenvalue weighted by Crippen LogP contribution is 2.25. The molecule has 0 N–H and O–H groups in total. The fourth-order valence-electron chi connectivity index (χ4n) is 2.17. The summed E-state index contributed by atoms with van der Waals surface area (Å²) in [6.07, 6.45) is 0. The van der Waals surface area contributed by atoms with Crippen molar-refractivity contribution >= 4 is 33.2 Å². The van der Waals surface area contributed by atoms with Gasteiger partial charge >= 0.3 is 0 Å². The van der Waals surface area contributed by atoms with E-state index < -0.39 is 10.0 Å². The molecule has 0 saturated heterocycles. The quantitative estimate of drug-likeness (QED) is 0.835. The fourth-order valence-corrected chi connectivity index (χ4v) is 3.30. The molecule has 0 saturated carbocycles. The topological polar surface area (TPSA) is 57.7 Å². The monoisotopic (exact) mass is 366 g/mol. The van der Waals surface area contributed by atoms with Gasteiger partial charge in [0, 0.05) is 26.8 Å². The van der Waals surface area contributed by atoms with Crippen LogP contribution in [0.3, 0.4) is 0 Å². The van der Waals surface area contributed by atoms with Crippen molar-refractivity contribution < 1.29 is 13.2 Å².